The van der Waals surface area contributed by atoms with Gasteiger partial charge in [-0.25, -0.2) is 4.98 Å². The van der Waals surface area contributed by atoms with Gasteiger partial charge in [-0.1, -0.05) is 11.6 Å². The lowest BCUT2D eigenvalue weighted by molar-refractivity contribution is -0.0504. The molecule has 0 saturated heterocycles. The van der Waals surface area contributed by atoms with Gasteiger partial charge >= 0.3 is 6.61 Å². The highest BCUT2D eigenvalue weighted by atomic mass is 35.5. The molecule has 0 N–H and O–H groups in total. The molecule has 0 radical (unpaired) electrons. The molecule has 14 heavy (non-hydrogen) atoms. The molecule has 0 spiro atoms. The van der Waals surface area contributed by atoms with Crippen molar-refractivity contribution in [2.45, 2.75) is 13.0 Å². The van der Waals surface area contributed by atoms with Crippen LogP contribution in [0.3, 0.4) is 0 Å². The molecule has 0 atom stereocenters. The van der Waals surface area contributed by atoms with Gasteiger partial charge < -0.3 is 4.74 Å². The fourth-order valence-corrected chi connectivity index (χ4v) is 1.11. The number of rotatable bonds is 3. The van der Waals surface area contributed by atoms with Crippen LogP contribution in [-0.4, -0.2) is 11.6 Å². The number of hydrogen-bond donors (Lipinski definition) is 0. The first kappa shape index (κ1) is 10.7. The van der Waals surface area contributed by atoms with Gasteiger partial charge in [0.15, 0.2) is 0 Å². The van der Waals surface area contributed by atoms with Crippen LogP contribution in [0.15, 0.2) is 12.3 Å². The predicted octanol–water partition coefficient (Wildman–Crippen LogP) is 2.40. The van der Waals surface area contributed by atoms with Crippen LogP contribution in [-0.2, 0) is 6.42 Å². The Balaban J connectivity index is 3.02. The summed E-state index contributed by atoms with van der Waals surface area (Å²) in [5.74, 6) is -0.110. The maximum atomic E-state index is 11.9. The van der Waals surface area contributed by atoms with Gasteiger partial charge in [-0.05, 0) is 6.07 Å². The third kappa shape index (κ3) is 2.54. The molecule has 0 saturated carbocycles. The summed E-state index contributed by atoms with van der Waals surface area (Å²) in [5.41, 5.74) is 0.178. The Kier molecular flexibility index (Phi) is 3.60. The van der Waals surface area contributed by atoms with Gasteiger partial charge in [-0.15, -0.1) is 0 Å². The van der Waals surface area contributed by atoms with Gasteiger partial charge in [0.05, 0.1) is 12.5 Å². The van der Waals surface area contributed by atoms with Crippen molar-refractivity contribution in [2.75, 3.05) is 0 Å². The van der Waals surface area contributed by atoms with Gasteiger partial charge in [0.1, 0.15) is 10.9 Å². The van der Waals surface area contributed by atoms with Gasteiger partial charge in [-0.2, -0.15) is 14.0 Å². The Labute approximate surface area is 83.9 Å². The van der Waals surface area contributed by atoms with E-state index in [0.717, 1.165) is 0 Å². The Bertz CT molecular complexity index is 365. The summed E-state index contributed by atoms with van der Waals surface area (Å²) in [5, 5.41) is 8.43. The second kappa shape index (κ2) is 4.72. The zero-order chi connectivity index (χ0) is 10.6. The lowest BCUT2D eigenvalue weighted by Gasteiger charge is -2.08. The molecule has 1 aromatic rings. The summed E-state index contributed by atoms with van der Waals surface area (Å²) < 4.78 is 28.0. The van der Waals surface area contributed by atoms with Crippen molar-refractivity contribution in [3.05, 3.63) is 23.0 Å². The third-order valence-corrected chi connectivity index (χ3v) is 1.76. The third-order valence-electron chi connectivity index (χ3n) is 1.43. The molecule has 0 aliphatic carbocycles. The van der Waals surface area contributed by atoms with Crippen molar-refractivity contribution in [3.63, 3.8) is 0 Å². The molecule has 1 rings (SSSR count). The van der Waals surface area contributed by atoms with E-state index in [1.165, 1.54) is 12.3 Å². The predicted molar refractivity (Wildman–Crippen MR) is 45.2 cm³/mol. The normalized spacial score (nSPS) is 9.93. The minimum Gasteiger partial charge on any atom is -0.434 e. The highest BCUT2D eigenvalue weighted by Crippen LogP contribution is 2.25. The van der Waals surface area contributed by atoms with Crippen molar-refractivity contribution >= 4 is 11.6 Å². The number of alkyl halides is 2. The maximum absolute atomic E-state index is 11.9. The number of nitrogens with zero attached hydrogens (tertiary/aromatic N) is 2. The molecule has 0 bridgehead atoms. The number of halogens is 3. The summed E-state index contributed by atoms with van der Waals surface area (Å²) in [6.45, 7) is -2.94. The fraction of sp³-hybridized carbons (Fsp3) is 0.250. The number of pyridine rings is 1. The summed E-state index contributed by atoms with van der Waals surface area (Å²) in [7, 11) is 0. The zero-order valence-electron chi connectivity index (χ0n) is 6.88. The molecular weight excluding hydrogens is 214 g/mol. The first-order chi connectivity index (χ1) is 6.65. The monoisotopic (exact) mass is 218 g/mol. The van der Waals surface area contributed by atoms with Crippen LogP contribution in [0.4, 0.5) is 8.78 Å². The van der Waals surface area contributed by atoms with E-state index >= 15 is 0 Å². The molecule has 1 heterocycles. The first-order valence-corrected chi connectivity index (χ1v) is 3.98. The molecule has 0 aromatic carbocycles. The molecule has 0 amide bonds. The Morgan fingerprint density at radius 3 is 2.93 bits per heavy atom. The second-order valence-corrected chi connectivity index (χ2v) is 2.65. The van der Waals surface area contributed by atoms with E-state index in [4.69, 9.17) is 16.9 Å². The largest absolute Gasteiger partial charge is 0.434 e. The molecule has 3 nitrogen and oxygen atoms in total. The molecule has 6 heteroatoms. The average molecular weight is 219 g/mol. The quantitative estimate of drug-likeness (QED) is 0.732. The van der Waals surface area contributed by atoms with Crippen LogP contribution in [0.5, 0.6) is 5.75 Å². The van der Waals surface area contributed by atoms with Crippen LogP contribution < -0.4 is 4.74 Å². The van der Waals surface area contributed by atoms with Gasteiger partial charge in [-0.3, -0.25) is 0 Å². The van der Waals surface area contributed by atoms with Crippen molar-refractivity contribution < 1.29 is 13.5 Å². The van der Waals surface area contributed by atoms with Crippen LogP contribution in [0, 0.1) is 11.3 Å². The van der Waals surface area contributed by atoms with Crippen molar-refractivity contribution in [1.82, 2.24) is 4.98 Å². The highest BCUT2D eigenvalue weighted by Gasteiger charge is 2.12. The minimum atomic E-state index is -2.94. The van der Waals surface area contributed by atoms with Crippen molar-refractivity contribution in [2.24, 2.45) is 0 Å². The van der Waals surface area contributed by atoms with Crippen LogP contribution in [0.2, 0.25) is 5.15 Å². The van der Waals surface area contributed by atoms with Crippen molar-refractivity contribution in [1.29, 1.82) is 5.26 Å². The summed E-state index contributed by atoms with van der Waals surface area (Å²) >= 11 is 5.60. The molecule has 0 aliphatic rings. The Morgan fingerprint density at radius 2 is 2.36 bits per heavy atom. The van der Waals surface area contributed by atoms with E-state index in [0.29, 0.717) is 0 Å². The maximum Gasteiger partial charge on any atom is 0.387 e. The van der Waals surface area contributed by atoms with Gasteiger partial charge in [0.25, 0.3) is 0 Å². The van der Waals surface area contributed by atoms with Crippen LogP contribution >= 0.6 is 11.6 Å². The molecule has 1 aromatic heterocycles. The van der Waals surface area contributed by atoms with Crippen LogP contribution in [0.1, 0.15) is 5.56 Å². The molecule has 0 aliphatic heterocycles. The number of nitriles is 1. The topological polar surface area (TPSA) is 45.9 Å². The minimum absolute atomic E-state index is 0.00435. The second-order valence-electron chi connectivity index (χ2n) is 2.29. The Morgan fingerprint density at radius 1 is 1.64 bits per heavy atom. The highest BCUT2D eigenvalue weighted by molar-refractivity contribution is 6.30. The standard InChI is InChI=1S/C8H5ClF2N2O/c9-7-5(1-3-12)6(2-4-13-7)14-8(10)11/h2,4,8H,1H2. The SMILES string of the molecule is N#CCc1c(OC(F)F)ccnc1Cl. The lowest BCUT2D eigenvalue weighted by atomic mass is 10.2. The summed E-state index contributed by atoms with van der Waals surface area (Å²) in [4.78, 5) is 3.66. The Hall–Kier alpha value is -1.41. The van der Waals surface area contributed by atoms with E-state index < -0.39 is 6.61 Å². The van der Waals surface area contributed by atoms with E-state index in [9.17, 15) is 8.78 Å². The number of ether oxygens (including phenoxy) is 1. The molecule has 74 valence electrons. The van der Waals surface area contributed by atoms with E-state index in [1.54, 1.807) is 6.07 Å². The van der Waals surface area contributed by atoms with Gasteiger partial charge in [0.2, 0.25) is 0 Å². The molecule has 0 fully saturated rings. The molecular formula is C8H5ClF2N2O. The van der Waals surface area contributed by atoms with Crippen LogP contribution in [0.25, 0.3) is 0 Å². The summed E-state index contributed by atoms with van der Waals surface area (Å²) in [6, 6.07) is 3.03. The summed E-state index contributed by atoms with van der Waals surface area (Å²) in [6.07, 6.45) is 1.12. The fourth-order valence-electron chi connectivity index (χ4n) is 0.896. The molecule has 0 unspecified atom stereocenters. The van der Waals surface area contributed by atoms with E-state index in [1.807, 2.05) is 0 Å². The number of aromatic nitrogens is 1. The van der Waals surface area contributed by atoms with Crippen molar-refractivity contribution in [3.8, 4) is 11.8 Å². The number of hydrogen-bond acceptors (Lipinski definition) is 3. The average Bonchev–Trinajstić information content (AvgIpc) is 2.10. The zero-order valence-corrected chi connectivity index (χ0v) is 7.63. The van der Waals surface area contributed by atoms with E-state index in [-0.39, 0.29) is 22.9 Å². The first-order valence-electron chi connectivity index (χ1n) is 3.60. The lowest BCUT2D eigenvalue weighted by Crippen LogP contribution is -2.05. The van der Waals surface area contributed by atoms with Gasteiger partial charge in [0, 0.05) is 11.8 Å². The smallest absolute Gasteiger partial charge is 0.387 e. The van der Waals surface area contributed by atoms with E-state index in [2.05, 4.69) is 9.72 Å².